The Morgan fingerprint density at radius 2 is 1.85 bits per heavy atom. The molecule has 2 rings (SSSR count). The van der Waals surface area contributed by atoms with Gasteiger partial charge in [-0.1, -0.05) is 0 Å². The average molecular weight is 466 g/mol. The molecule has 0 saturated heterocycles. The molecule has 0 aliphatic rings. The molecule has 0 saturated carbocycles. The van der Waals surface area contributed by atoms with Crippen molar-refractivity contribution in [1.82, 2.24) is 4.98 Å². The molecule has 1 heterocycles. The average Bonchev–Trinajstić information content (AvgIpc) is 2.39. The fourth-order valence-electron chi connectivity index (χ4n) is 1.46. The van der Waals surface area contributed by atoms with Gasteiger partial charge in [0.05, 0.1) is 20.2 Å². The number of carboxylic acids is 1. The second-order valence-electron chi connectivity index (χ2n) is 3.83. The molecule has 0 radical (unpaired) electrons. The van der Waals surface area contributed by atoms with E-state index in [4.69, 9.17) is 9.84 Å². The van der Waals surface area contributed by atoms with E-state index < -0.39 is 5.97 Å². The largest absolute Gasteiger partial charge is 0.485 e. The van der Waals surface area contributed by atoms with Gasteiger partial charge in [0, 0.05) is 10.7 Å². The maximum Gasteiger partial charge on any atom is 0.335 e. The Labute approximate surface area is 140 Å². The highest BCUT2D eigenvalue weighted by molar-refractivity contribution is 9.11. The number of benzene rings is 1. The summed E-state index contributed by atoms with van der Waals surface area (Å²) in [6.07, 6.45) is 1.69. The van der Waals surface area contributed by atoms with Gasteiger partial charge in [-0.2, -0.15) is 0 Å². The van der Waals surface area contributed by atoms with Crippen molar-refractivity contribution in [3.63, 3.8) is 0 Å². The summed E-state index contributed by atoms with van der Waals surface area (Å²) in [5.41, 5.74) is 0.951. The Morgan fingerprint density at radius 3 is 2.35 bits per heavy atom. The van der Waals surface area contributed by atoms with E-state index in [1.807, 2.05) is 12.1 Å². The van der Waals surface area contributed by atoms with E-state index >= 15 is 0 Å². The molecule has 0 aliphatic carbocycles. The molecule has 4 nitrogen and oxygen atoms in total. The third-order valence-electron chi connectivity index (χ3n) is 2.40. The molecule has 0 amide bonds. The minimum atomic E-state index is -0.993. The highest BCUT2D eigenvalue weighted by Crippen LogP contribution is 2.35. The van der Waals surface area contributed by atoms with Gasteiger partial charge in [0.15, 0.2) is 0 Å². The number of hydrogen-bond acceptors (Lipinski definition) is 3. The molecule has 0 bridgehead atoms. The Bertz CT molecular complexity index is 621. The van der Waals surface area contributed by atoms with Gasteiger partial charge in [-0.25, -0.2) is 4.79 Å². The Balaban J connectivity index is 2.17. The summed E-state index contributed by atoms with van der Waals surface area (Å²) in [7, 11) is 0. The van der Waals surface area contributed by atoms with E-state index in [9.17, 15) is 4.79 Å². The summed E-state index contributed by atoms with van der Waals surface area (Å²) in [6, 6.07) is 6.72. The van der Waals surface area contributed by atoms with E-state index in [0.717, 1.165) is 10.2 Å². The number of hydrogen-bond donors (Lipinski definition) is 1. The number of aromatic carboxylic acids is 1. The Kier molecular flexibility index (Phi) is 5.17. The van der Waals surface area contributed by atoms with Crippen LogP contribution in [0.25, 0.3) is 0 Å². The smallest absolute Gasteiger partial charge is 0.335 e. The topological polar surface area (TPSA) is 59.4 Å². The normalized spacial score (nSPS) is 10.3. The first-order chi connectivity index (χ1) is 9.47. The van der Waals surface area contributed by atoms with Gasteiger partial charge in [0.25, 0.3) is 0 Å². The lowest BCUT2D eigenvalue weighted by Gasteiger charge is -2.11. The van der Waals surface area contributed by atoms with E-state index in [2.05, 4.69) is 52.8 Å². The van der Waals surface area contributed by atoms with E-state index in [1.54, 1.807) is 6.20 Å². The summed E-state index contributed by atoms with van der Waals surface area (Å²) >= 11 is 9.92. The molecular weight excluding hydrogens is 458 g/mol. The van der Waals surface area contributed by atoms with Gasteiger partial charge in [-0.3, -0.25) is 4.98 Å². The predicted octanol–water partition coefficient (Wildman–Crippen LogP) is 4.65. The van der Waals surface area contributed by atoms with Crippen LogP contribution in [-0.2, 0) is 6.61 Å². The van der Waals surface area contributed by atoms with Crippen molar-refractivity contribution in [2.75, 3.05) is 0 Å². The summed E-state index contributed by atoms with van der Waals surface area (Å²) < 4.78 is 7.70. The molecule has 0 atom stereocenters. The zero-order valence-electron chi connectivity index (χ0n) is 9.94. The zero-order chi connectivity index (χ0) is 14.7. The highest BCUT2D eigenvalue weighted by atomic mass is 79.9. The second kappa shape index (κ2) is 6.69. The summed E-state index contributed by atoms with van der Waals surface area (Å²) in [5, 5.41) is 8.96. The number of halogens is 3. The molecule has 7 heteroatoms. The first kappa shape index (κ1) is 15.5. The van der Waals surface area contributed by atoms with Crippen molar-refractivity contribution in [2.45, 2.75) is 6.61 Å². The van der Waals surface area contributed by atoms with Crippen LogP contribution in [-0.4, -0.2) is 16.1 Å². The fraction of sp³-hybridized carbons (Fsp3) is 0.0769. The van der Waals surface area contributed by atoms with Crippen molar-refractivity contribution in [1.29, 1.82) is 0 Å². The van der Waals surface area contributed by atoms with Gasteiger partial charge in [-0.15, -0.1) is 0 Å². The predicted molar refractivity (Wildman–Crippen MR) is 85.1 cm³/mol. The third kappa shape index (κ3) is 3.80. The maximum atomic E-state index is 10.9. The Hall–Kier alpha value is -0.920. The number of rotatable bonds is 4. The van der Waals surface area contributed by atoms with Gasteiger partial charge in [0.1, 0.15) is 12.4 Å². The van der Waals surface area contributed by atoms with Crippen LogP contribution >= 0.6 is 47.8 Å². The van der Waals surface area contributed by atoms with Gasteiger partial charge >= 0.3 is 5.97 Å². The first-order valence-electron chi connectivity index (χ1n) is 5.43. The van der Waals surface area contributed by atoms with Crippen molar-refractivity contribution in [3.05, 3.63) is 55.1 Å². The lowest BCUT2D eigenvalue weighted by Crippen LogP contribution is -2.01. The molecule has 0 fully saturated rings. The molecular formula is C13H8Br3NO3. The van der Waals surface area contributed by atoms with Gasteiger partial charge in [0.2, 0.25) is 0 Å². The van der Waals surface area contributed by atoms with Crippen LogP contribution < -0.4 is 4.74 Å². The number of nitrogens with zero attached hydrogens (tertiary/aromatic N) is 1. The third-order valence-corrected chi connectivity index (χ3v) is 4.05. The van der Waals surface area contributed by atoms with Gasteiger partial charge < -0.3 is 9.84 Å². The molecule has 104 valence electrons. The number of pyridine rings is 1. The first-order valence-corrected chi connectivity index (χ1v) is 7.81. The molecule has 20 heavy (non-hydrogen) atoms. The van der Waals surface area contributed by atoms with E-state index in [1.165, 1.54) is 12.1 Å². The van der Waals surface area contributed by atoms with Crippen molar-refractivity contribution < 1.29 is 14.6 Å². The SMILES string of the molecule is O=C(O)c1cc(Br)c(OCc2ccc(Br)cn2)c(Br)c1. The fourth-order valence-corrected chi connectivity index (χ4v) is 3.11. The van der Waals surface area contributed by atoms with Crippen LogP contribution in [0, 0.1) is 0 Å². The second-order valence-corrected chi connectivity index (χ2v) is 6.45. The number of carboxylic acid groups (broad SMARTS) is 1. The van der Waals surface area contributed by atoms with E-state index in [-0.39, 0.29) is 12.2 Å². The van der Waals surface area contributed by atoms with Crippen LogP contribution in [0.5, 0.6) is 5.75 Å². The lowest BCUT2D eigenvalue weighted by atomic mass is 10.2. The monoisotopic (exact) mass is 463 g/mol. The van der Waals surface area contributed by atoms with E-state index in [0.29, 0.717) is 14.7 Å². The number of carbonyl (C=O) groups is 1. The summed E-state index contributed by atoms with van der Waals surface area (Å²) in [4.78, 5) is 15.1. The molecule has 1 aromatic carbocycles. The molecule has 0 unspecified atom stereocenters. The summed E-state index contributed by atoms with van der Waals surface area (Å²) in [5.74, 6) is -0.452. The van der Waals surface area contributed by atoms with Crippen LogP contribution in [0.3, 0.4) is 0 Å². The quantitative estimate of drug-likeness (QED) is 0.714. The van der Waals surface area contributed by atoms with Crippen LogP contribution in [0.1, 0.15) is 16.1 Å². The lowest BCUT2D eigenvalue weighted by molar-refractivity contribution is 0.0696. The number of aromatic nitrogens is 1. The molecule has 0 aliphatic heterocycles. The molecule has 1 aromatic heterocycles. The summed E-state index contributed by atoms with van der Waals surface area (Å²) in [6.45, 7) is 0.289. The molecule has 1 N–H and O–H groups in total. The van der Waals surface area contributed by atoms with Crippen molar-refractivity contribution >= 4 is 53.8 Å². The van der Waals surface area contributed by atoms with Crippen molar-refractivity contribution in [2.24, 2.45) is 0 Å². The minimum absolute atomic E-state index is 0.179. The standard InChI is InChI=1S/C13H8Br3NO3/c14-8-1-2-9(17-5-8)6-20-12-10(15)3-7(13(18)19)4-11(12)16/h1-5H,6H2,(H,18,19). The van der Waals surface area contributed by atoms with Gasteiger partial charge in [-0.05, 0) is 72.1 Å². The zero-order valence-corrected chi connectivity index (χ0v) is 14.7. The minimum Gasteiger partial charge on any atom is -0.485 e. The Morgan fingerprint density at radius 1 is 1.20 bits per heavy atom. The highest BCUT2D eigenvalue weighted by Gasteiger charge is 2.13. The molecule has 2 aromatic rings. The van der Waals surface area contributed by atoms with Crippen LogP contribution in [0.4, 0.5) is 0 Å². The maximum absolute atomic E-state index is 10.9. The molecule has 0 spiro atoms. The van der Waals surface area contributed by atoms with Crippen molar-refractivity contribution in [3.8, 4) is 5.75 Å². The van der Waals surface area contributed by atoms with Crippen LogP contribution in [0.15, 0.2) is 43.9 Å². The van der Waals surface area contributed by atoms with Crippen LogP contribution in [0.2, 0.25) is 0 Å². The number of ether oxygens (including phenoxy) is 1.